The third kappa shape index (κ3) is 6.55. The first kappa shape index (κ1) is 18.2. The van der Waals surface area contributed by atoms with Crippen LogP contribution < -0.4 is 10.0 Å². The van der Waals surface area contributed by atoms with Crippen LogP contribution in [0.4, 0.5) is 10.5 Å². The molecule has 0 fully saturated rings. The second-order valence-corrected chi connectivity index (χ2v) is 7.43. The van der Waals surface area contributed by atoms with E-state index in [0.29, 0.717) is 10.3 Å². The van der Waals surface area contributed by atoms with Crippen molar-refractivity contribution >= 4 is 37.7 Å². The number of halogens is 1. The Kier molecular flexibility index (Phi) is 6.56. The minimum Gasteiger partial charge on any atom is -0.445 e. The molecule has 9 heteroatoms. The zero-order chi connectivity index (χ0) is 17.4. The first-order valence-corrected chi connectivity index (χ1v) is 9.46. The highest BCUT2D eigenvalue weighted by Gasteiger charge is 2.12. The summed E-state index contributed by atoms with van der Waals surface area (Å²) in [6.45, 7) is 0.0674. The molecular weight excluding hydrogens is 398 g/mol. The summed E-state index contributed by atoms with van der Waals surface area (Å²) in [5.74, 6) is -0.270. The molecule has 0 spiro atoms. The van der Waals surface area contributed by atoms with Crippen LogP contribution in [0.5, 0.6) is 0 Å². The quantitative estimate of drug-likeness (QED) is 0.679. The number of hydrogen-bond donors (Lipinski definition) is 2. The lowest BCUT2D eigenvalue weighted by Crippen LogP contribution is -2.31. The third-order valence-electron chi connectivity index (χ3n) is 2.85. The number of benzene rings is 1. The van der Waals surface area contributed by atoms with Crippen LogP contribution in [0.3, 0.4) is 0 Å². The van der Waals surface area contributed by atoms with E-state index in [4.69, 9.17) is 4.74 Å². The zero-order valence-corrected chi connectivity index (χ0v) is 15.0. The smallest absolute Gasteiger partial charge is 0.407 e. The summed E-state index contributed by atoms with van der Waals surface area (Å²) in [7, 11) is -3.58. The number of pyridine rings is 1. The van der Waals surface area contributed by atoms with E-state index >= 15 is 0 Å². The number of carbonyl (C=O) groups is 1. The van der Waals surface area contributed by atoms with Crippen LogP contribution in [0, 0.1) is 0 Å². The van der Waals surface area contributed by atoms with E-state index in [1.165, 1.54) is 12.3 Å². The van der Waals surface area contributed by atoms with Gasteiger partial charge in [-0.2, -0.15) is 0 Å². The van der Waals surface area contributed by atoms with Gasteiger partial charge in [-0.3, -0.25) is 4.72 Å². The maximum atomic E-state index is 11.9. The van der Waals surface area contributed by atoms with Gasteiger partial charge in [-0.25, -0.2) is 18.2 Å². The van der Waals surface area contributed by atoms with Crippen LogP contribution in [0.2, 0.25) is 0 Å². The van der Waals surface area contributed by atoms with Crippen molar-refractivity contribution in [1.82, 2.24) is 10.3 Å². The molecule has 0 unspecified atom stereocenters. The van der Waals surface area contributed by atoms with Crippen LogP contribution in [0.1, 0.15) is 5.56 Å². The highest BCUT2D eigenvalue weighted by molar-refractivity contribution is 9.10. The Bertz CT molecular complexity index is 784. The Morgan fingerprint density at radius 1 is 1.21 bits per heavy atom. The number of aromatic nitrogens is 1. The molecule has 1 aromatic carbocycles. The molecule has 0 saturated carbocycles. The van der Waals surface area contributed by atoms with Gasteiger partial charge in [0.1, 0.15) is 11.2 Å². The van der Waals surface area contributed by atoms with Gasteiger partial charge in [0, 0.05) is 12.7 Å². The van der Waals surface area contributed by atoms with Gasteiger partial charge in [0.15, 0.2) is 0 Å². The average Bonchev–Trinajstić information content (AvgIpc) is 2.53. The summed E-state index contributed by atoms with van der Waals surface area (Å²) >= 11 is 3.16. The van der Waals surface area contributed by atoms with Crippen molar-refractivity contribution in [3.05, 3.63) is 58.8 Å². The molecule has 24 heavy (non-hydrogen) atoms. The summed E-state index contributed by atoms with van der Waals surface area (Å²) in [6.07, 6.45) is 0.807. The summed E-state index contributed by atoms with van der Waals surface area (Å²) in [5.41, 5.74) is 1.24. The number of nitrogens with one attached hydrogen (secondary N) is 2. The molecule has 0 radical (unpaired) electrons. The second-order valence-electron chi connectivity index (χ2n) is 4.78. The Morgan fingerprint density at radius 3 is 2.67 bits per heavy atom. The number of carbonyl (C=O) groups excluding carboxylic acids is 1. The van der Waals surface area contributed by atoms with Crippen molar-refractivity contribution in [3.8, 4) is 0 Å². The van der Waals surface area contributed by atoms with Gasteiger partial charge in [0.25, 0.3) is 0 Å². The monoisotopic (exact) mass is 413 g/mol. The molecule has 2 N–H and O–H groups in total. The van der Waals surface area contributed by atoms with Gasteiger partial charge in [0.05, 0.1) is 11.4 Å². The lowest BCUT2D eigenvalue weighted by atomic mass is 10.2. The van der Waals surface area contributed by atoms with Gasteiger partial charge >= 0.3 is 6.09 Å². The molecule has 0 aliphatic heterocycles. The largest absolute Gasteiger partial charge is 0.445 e. The summed E-state index contributed by atoms with van der Waals surface area (Å²) in [5, 5.41) is 2.40. The Balaban J connectivity index is 1.73. The van der Waals surface area contributed by atoms with Crippen LogP contribution >= 0.6 is 15.9 Å². The first-order valence-electron chi connectivity index (χ1n) is 7.01. The maximum Gasteiger partial charge on any atom is 0.407 e. The number of hydrogen-bond acceptors (Lipinski definition) is 5. The minimum atomic E-state index is -3.58. The maximum absolute atomic E-state index is 11.9. The van der Waals surface area contributed by atoms with E-state index in [0.717, 1.165) is 5.56 Å². The van der Waals surface area contributed by atoms with Gasteiger partial charge in [-0.15, -0.1) is 0 Å². The molecule has 1 aromatic heterocycles. The molecule has 2 rings (SSSR count). The van der Waals surface area contributed by atoms with Gasteiger partial charge in [-0.1, -0.05) is 30.3 Å². The molecule has 128 valence electrons. The van der Waals surface area contributed by atoms with E-state index in [1.807, 2.05) is 30.3 Å². The van der Waals surface area contributed by atoms with Gasteiger partial charge in [0.2, 0.25) is 10.0 Å². The topological polar surface area (TPSA) is 97.4 Å². The Labute approximate surface area is 148 Å². The van der Waals surface area contributed by atoms with E-state index in [9.17, 15) is 13.2 Å². The summed E-state index contributed by atoms with van der Waals surface area (Å²) in [4.78, 5) is 15.5. The van der Waals surface area contributed by atoms with Crippen LogP contribution in [-0.2, 0) is 21.4 Å². The van der Waals surface area contributed by atoms with Crippen LogP contribution in [0.25, 0.3) is 0 Å². The standard InChI is InChI=1S/C15H16BrN3O4S/c16-14-10-13(6-7-17-14)19-24(21,22)9-8-18-15(20)23-11-12-4-2-1-3-5-12/h1-7,10H,8-9,11H2,(H,17,19)(H,18,20). The number of nitrogens with zero attached hydrogens (tertiary/aromatic N) is 1. The van der Waals surface area contributed by atoms with Crippen LogP contribution in [0.15, 0.2) is 53.3 Å². The molecular formula is C15H16BrN3O4S. The van der Waals surface area contributed by atoms with E-state index in [2.05, 4.69) is 31.0 Å². The number of rotatable bonds is 7. The second kappa shape index (κ2) is 8.65. The molecule has 0 saturated heterocycles. The van der Waals surface area contributed by atoms with Crippen LogP contribution in [-0.4, -0.2) is 31.8 Å². The SMILES string of the molecule is O=C(NCCS(=O)(=O)Nc1ccnc(Br)c1)OCc1ccccc1. The van der Waals surface area contributed by atoms with E-state index in [1.54, 1.807) is 6.07 Å². The molecule has 0 atom stereocenters. The molecule has 2 aromatic rings. The number of amides is 1. The molecule has 7 nitrogen and oxygen atoms in total. The summed E-state index contributed by atoms with van der Waals surface area (Å²) in [6, 6.07) is 12.3. The fraction of sp³-hybridized carbons (Fsp3) is 0.200. The lowest BCUT2D eigenvalue weighted by Gasteiger charge is -2.09. The molecule has 0 bridgehead atoms. The average molecular weight is 414 g/mol. The predicted molar refractivity (Wildman–Crippen MR) is 94.0 cm³/mol. The van der Waals surface area contributed by atoms with Gasteiger partial charge < -0.3 is 10.1 Å². The van der Waals surface area contributed by atoms with Crippen molar-refractivity contribution in [1.29, 1.82) is 0 Å². The fourth-order valence-corrected chi connectivity index (χ4v) is 3.08. The van der Waals surface area contributed by atoms with Crippen molar-refractivity contribution < 1.29 is 17.9 Å². The zero-order valence-electron chi connectivity index (χ0n) is 12.6. The predicted octanol–water partition coefficient (Wildman–Crippen LogP) is 2.51. The Morgan fingerprint density at radius 2 is 1.96 bits per heavy atom. The highest BCUT2D eigenvalue weighted by atomic mass is 79.9. The number of anilines is 1. The number of ether oxygens (including phenoxy) is 1. The summed E-state index contributed by atoms with van der Waals surface area (Å²) < 4.78 is 31.8. The van der Waals surface area contributed by atoms with Crippen molar-refractivity contribution in [2.45, 2.75) is 6.61 Å². The van der Waals surface area contributed by atoms with Crippen molar-refractivity contribution in [3.63, 3.8) is 0 Å². The normalized spacial score (nSPS) is 10.9. The number of sulfonamides is 1. The molecule has 0 aliphatic carbocycles. The first-order chi connectivity index (χ1) is 11.4. The highest BCUT2D eigenvalue weighted by Crippen LogP contribution is 2.13. The molecule has 1 heterocycles. The fourth-order valence-electron chi connectivity index (χ4n) is 1.76. The Hall–Kier alpha value is -2.13. The lowest BCUT2D eigenvalue weighted by molar-refractivity contribution is 0.140. The van der Waals surface area contributed by atoms with Crippen molar-refractivity contribution in [2.24, 2.45) is 0 Å². The van der Waals surface area contributed by atoms with Crippen molar-refractivity contribution in [2.75, 3.05) is 17.0 Å². The van der Waals surface area contributed by atoms with E-state index < -0.39 is 16.1 Å². The van der Waals surface area contributed by atoms with E-state index in [-0.39, 0.29) is 18.9 Å². The molecule has 0 aliphatic rings. The number of alkyl carbamates (subject to hydrolysis) is 1. The van der Waals surface area contributed by atoms with Gasteiger partial charge in [-0.05, 0) is 33.6 Å². The minimum absolute atomic E-state index is 0.0603. The molecule has 1 amide bonds. The third-order valence-corrected chi connectivity index (χ3v) is 4.57.